The SMILES string of the molecule is Cc1cc(C)nc(NCCN2CCN(Cc3ccccc3)CC2)n1. The van der Waals surface area contributed by atoms with Crippen molar-refractivity contribution < 1.29 is 0 Å². The maximum atomic E-state index is 4.43. The van der Waals surface area contributed by atoms with E-state index in [9.17, 15) is 0 Å². The first-order valence-corrected chi connectivity index (χ1v) is 8.74. The molecule has 0 atom stereocenters. The second-order valence-electron chi connectivity index (χ2n) is 6.50. The van der Waals surface area contributed by atoms with Crippen LogP contribution in [-0.4, -0.2) is 59.0 Å². The molecule has 3 rings (SSSR count). The lowest BCUT2D eigenvalue weighted by molar-refractivity contribution is 0.130. The molecule has 0 radical (unpaired) electrons. The number of aryl methyl sites for hydroxylation is 2. The molecule has 2 aromatic rings. The van der Waals surface area contributed by atoms with Gasteiger partial charge in [-0.15, -0.1) is 0 Å². The molecule has 5 nitrogen and oxygen atoms in total. The van der Waals surface area contributed by atoms with E-state index in [1.54, 1.807) is 0 Å². The first-order valence-electron chi connectivity index (χ1n) is 8.74. The molecular formula is C19H27N5. The van der Waals surface area contributed by atoms with E-state index < -0.39 is 0 Å². The van der Waals surface area contributed by atoms with Crippen molar-refractivity contribution in [3.05, 3.63) is 53.3 Å². The van der Waals surface area contributed by atoms with Gasteiger partial charge >= 0.3 is 0 Å². The number of benzene rings is 1. The Morgan fingerprint density at radius 3 is 2.21 bits per heavy atom. The Morgan fingerprint density at radius 1 is 0.917 bits per heavy atom. The van der Waals surface area contributed by atoms with Crippen molar-refractivity contribution >= 4 is 5.95 Å². The van der Waals surface area contributed by atoms with E-state index in [2.05, 4.69) is 55.4 Å². The number of aromatic nitrogens is 2. The van der Waals surface area contributed by atoms with E-state index in [1.807, 2.05) is 19.9 Å². The van der Waals surface area contributed by atoms with E-state index in [1.165, 1.54) is 5.56 Å². The number of hydrogen-bond donors (Lipinski definition) is 1. The zero-order valence-corrected chi connectivity index (χ0v) is 14.7. The van der Waals surface area contributed by atoms with Crippen molar-refractivity contribution in [1.82, 2.24) is 19.8 Å². The van der Waals surface area contributed by atoms with Gasteiger partial charge in [-0.1, -0.05) is 30.3 Å². The lowest BCUT2D eigenvalue weighted by atomic mass is 10.2. The molecule has 5 heteroatoms. The quantitative estimate of drug-likeness (QED) is 0.883. The highest BCUT2D eigenvalue weighted by atomic mass is 15.3. The number of nitrogens with one attached hydrogen (secondary N) is 1. The molecule has 1 aliphatic rings. The largest absolute Gasteiger partial charge is 0.353 e. The number of piperazine rings is 1. The predicted octanol–water partition coefficient (Wildman–Crippen LogP) is 2.32. The topological polar surface area (TPSA) is 44.3 Å². The fraction of sp³-hybridized carbons (Fsp3) is 0.474. The van der Waals surface area contributed by atoms with Crippen LogP contribution in [0.5, 0.6) is 0 Å². The van der Waals surface area contributed by atoms with Gasteiger partial charge in [0.2, 0.25) is 5.95 Å². The zero-order chi connectivity index (χ0) is 16.8. The molecular weight excluding hydrogens is 298 g/mol. The lowest BCUT2D eigenvalue weighted by Crippen LogP contribution is -2.47. The third-order valence-corrected chi connectivity index (χ3v) is 4.41. The maximum absolute atomic E-state index is 4.43. The molecule has 0 spiro atoms. The third-order valence-electron chi connectivity index (χ3n) is 4.41. The molecule has 128 valence electrons. The number of anilines is 1. The van der Waals surface area contributed by atoms with E-state index >= 15 is 0 Å². The molecule has 0 bridgehead atoms. The van der Waals surface area contributed by atoms with Gasteiger partial charge < -0.3 is 5.32 Å². The van der Waals surface area contributed by atoms with Gasteiger partial charge in [-0.2, -0.15) is 0 Å². The Kier molecular flexibility index (Phi) is 5.77. The monoisotopic (exact) mass is 325 g/mol. The van der Waals surface area contributed by atoms with Crippen LogP contribution in [0, 0.1) is 13.8 Å². The van der Waals surface area contributed by atoms with Gasteiger partial charge in [-0.25, -0.2) is 9.97 Å². The van der Waals surface area contributed by atoms with Crippen LogP contribution in [0.3, 0.4) is 0 Å². The summed E-state index contributed by atoms with van der Waals surface area (Å²) in [5, 5.41) is 3.35. The first kappa shape index (κ1) is 16.9. The van der Waals surface area contributed by atoms with Crippen LogP contribution in [0.15, 0.2) is 36.4 Å². The molecule has 1 saturated heterocycles. The Bertz CT molecular complexity index is 615. The summed E-state index contributed by atoms with van der Waals surface area (Å²) in [6.45, 7) is 11.5. The Hall–Kier alpha value is -1.98. The van der Waals surface area contributed by atoms with Crippen LogP contribution in [0.1, 0.15) is 17.0 Å². The molecule has 1 aliphatic heterocycles. The first-order chi connectivity index (χ1) is 11.7. The van der Waals surface area contributed by atoms with Crippen molar-refractivity contribution in [2.45, 2.75) is 20.4 Å². The van der Waals surface area contributed by atoms with Gasteiger partial charge in [0.25, 0.3) is 0 Å². The van der Waals surface area contributed by atoms with Crippen LogP contribution in [0.25, 0.3) is 0 Å². The van der Waals surface area contributed by atoms with Crippen LogP contribution in [-0.2, 0) is 6.54 Å². The molecule has 0 amide bonds. The molecule has 0 saturated carbocycles. The number of nitrogens with zero attached hydrogens (tertiary/aromatic N) is 4. The van der Waals surface area contributed by atoms with E-state index in [0.29, 0.717) is 0 Å². The molecule has 1 aromatic carbocycles. The number of hydrogen-bond acceptors (Lipinski definition) is 5. The Labute approximate surface area is 144 Å². The van der Waals surface area contributed by atoms with Crippen molar-refractivity contribution in [2.24, 2.45) is 0 Å². The van der Waals surface area contributed by atoms with Crippen molar-refractivity contribution in [3.8, 4) is 0 Å². The van der Waals surface area contributed by atoms with Crippen molar-refractivity contribution in [2.75, 3.05) is 44.6 Å². The highest BCUT2D eigenvalue weighted by molar-refractivity contribution is 5.27. The second-order valence-corrected chi connectivity index (χ2v) is 6.50. The van der Waals surface area contributed by atoms with Crippen molar-refractivity contribution in [1.29, 1.82) is 0 Å². The summed E-state index contributed by atoms with van der Waals surface area (Å²) >= 11 is 0. The smallest absolute Gasteiger partial charge is 0.223 e. The fourth-order valence-electron chi connectivity index (χ4n) is 3.14. The molecule has 1 N–H and O–H groups in total. The van der Waals surface area contributed by atoms with Gasteiger partial charge in [0.15, 0.2) is 0 Å². The molecule has 0 aliphatic carbocycles. The van der Waals surface area contributed by atoms with Gasteiger partial charge in [-0.05, 0) is 25.5 Å². The molecule has 2 heterocycles. The van der Waals surface area contributed by atoms with Gasteiger partial charge in [0.1, 0.15) is 0 Å². The predicted molar refractivity (Wildman–Crippen MR) is 98.2 cm³/mol. The average Bonchev–Trinajstić information content (AvgIpc) is 2.57. The van der Waals surface area contributed by atoms with Crippen LogP contribution in [0.2, 0.25) is 0 Å². The minimum absolute atomic E-state index is 0.746. The van der Waals surface area contributed by atoms with Gasteiger partial charge in [-0.3, -0.25) is 9.80 Å². The van der Waals surface area contributed by atoms with Gasteiger partial charge in [0, 0.05) is 57.2 Å². The summed E-state index contributed by atoms with van der Waals surface area (Å²) in [6, 6.07) is 12.7. The fourth-order valence-corrected chi connectivity index (χ4v) is 3.14. The van der Waals surface area contributed by atoms with Gasteiger partial charge in [0.05, 0.1) is 0 Å². The summed E-state index contributed by atoms with van der Waals surface area (Å²) in [6.07, 6.45) is 0. The Balaban J connectivity index is 1.38. The normalized spacial score (nSPS) is 16.2. The summed E-state index contributed by atoms with van der Waals surface area (Å²) < 4.78 is 0. The minimum atomic E-state index is 0.746. The van der Waals surface area contributed by atoms with Crippen LogP contribution in [0.4, 0.5) is 5.95 Å². The Morgan fingerprint density at radius 2 is 1.54 bits per heavy atom. The van der Waals surface area contributed by atoms with Crippen molar-refractivity contribution in [3.63, 3.8) is 0 Å². The molecule has 24 heavy (non-hydrogen) atoms. The summed E-state index contributed by atoms with van der Waals surface area (Å²) in [7, 11) is 0. The summed E-state index contributed by atoms with van der Waals surface area (Å²) in [4.78, 5) is 13.9. The minimum Gasteiger partial charge on any atom is -0.353 e. The van der Waals surface area contributed by atoms with Crippen LogP contribution >= 0.6 is 0 Å². The zero-order valence-electron chi connectivity index (χ0n) is 14.7. The number of rotatable bonds is 6. The maximum Gasteiger partial charge on any atom is 0.223 e. The van der Waals surface area contributed by atoms with E-state index in [-0.39, 0.29) is 0 Å². The molecule has 1 aromatic heterocycles. The summed E-state index contributed by atoms with van der Waals surface area (Å²) in [5.74, 6) is 0.746. The van der Waals surface area contributed by atoms with E-state index in [4.69, 9.17) is 0 Å². The molecule has 1 fully saturated rings. The average molecular weight is 325 g/mol. The highest BCUT2D eigenvalue weighted by Crippen LogP contribution is 2.08. The standard InChI is InChI=1S/C19H27N5/c1-16-14-17(2)22-19(21-16)20-8-9-23-10-12-24(13-11-23)15-18-6-4-3-5-7-18/h3-7,14H,8-13,15H2,1-2H3,(H,20,21,22). The van der Waals surface area contributed by atoms with Crippen LogP contribution < -0.4 is 5.32 Å². The third kappa shape index (κ3) is 5.01. The lowest BCUT2D eigenvalue weighted by Gasteiger charge is -2.34. The molecule has 0 unspecified atom stereocenters. The highest BCUT2D eigenvalue weighted by Gasteiger charge is 2.16. The second kappa shape index (κ2) is 8.22. The van der Waals surface area contributed by atoms with E-state index in [0.717, 1.165) is 63.1 Å². The summed E-state index contributed by atoms with van der Waals surface area (Å²) in [5.41, 5.74) is 3.43.